The van der Waals surface area contributed by atoms with Gasteiger partial charge in [-0.1, -0.05) is 83.1 Å². The van der Waals surface area contributed by atoms with Crippen LogP contribution in [-0.2, 0) is 67.1 Å². The molecule has 0 heterocycles. The summed E-state index contributed by atoms with van der Waals surface area (Å²) in [5.41, 5.74) is 12.1. The minimum atomic E-state index is -5.19. The molecule has 0 aromatic rings. The first-order valence-corrected chi connectivity index (χ1v) is 57.6. The molecule has 49 heteroatoms. The molecule has 10 atom stereocenters. The Kier molecular flexibility index (Phi) is 63.1. The first kappa shape index (κ1) is 128. The summed E-state index contributed by atoms with van der Waals surface area (Å²) in [7, 11) is -4.51. The molecular weight excluding hydrogens is 1840 g/mol. The molecule has 0 aliphatic carbocycles. The van der Waals surface area contributed by atoms with Crippen LogP contribution >= 0.6 is 76.1 Å². The lowest BCUT2D eigenvalue weighted by atomic mass is 9.99. The second kappa shape index (κ2) is 61.5. The summed E-state index contributed by atoms with van der Waals surface area (Å²) in [6.07, 6.45) is -15.7. The number of hydrogen-bond donors (Lipinski definition) is 11. The van der Waals surface area contributed by atoms with Gasteiger partial charge in [-0.2, -0.15) is 99.7 Å². The lowest BCUT2D eigenvalue weighted by Gasteiger charge is -2.29. The zero-order valence-electron chi connectivity index (χ0n) is 75.9. The lowest BCUT2D eigenvalue weighted by Crippen LogP contribution is -2.61. The van der Waals surface area contributed by atoms with Crippen molar-refractivity contribution in [2.24, 2.45) is 47.0 Å². The average molecular weight is 1970 g/mol. The van der Waals surface area contributed by atoms with Crippen molar-refractivity contribution in [3.8, 4) is 0 Å². The highest BCUT2D eigenvalue weighted by atomic mass is 32.2. The van der Waals surface area contributed by atoms with E-state index in [0.29, 0.717) is 17.3 Å². The molecule has 0 aliphatic heterocycles. The molecule has 10 amide bonds. The molecular formula is C76H137F12N11O18P4S4. The fourth-order valence-corrected chi connectivity index (χ4v) is 22.8. The molecule has 29 nitrogen and oxygen atoms in total. The van der Waals surface area contributed by atoms with Crippen LogP contribution in [0.4, 0.5) is 52.7 Å². The quantitative estimate of drug-likeness (QED) is 0.0231. The molecule has 0 radical (unpaired) electrons. The Balaban J connectivity index is -0.00000145. The highest BCUT2D eigenvalue weighted by Gasteiger charge is 2.39. The number of carboxylic acids is 4. The van der Waals surface area contributed by atoms with Crippen LogP contribution in [0.3, 0.4) is 0 Å². The highest BCUT2D eigenvalue weighted by Crippen LogP contribution is 2.48. The molecule has 0 spiro atoms. The smallest absolute Gasteiger partial charge is 0.430 e. The van der Waals surface area contributed by atoms with Crippen LogP contribution in [0.2, 0.25) is 0 Å². The van der Waals surface area contributed by atoms with Gasteiger partial charge in [0.05, 0.1) is 30.7 Å². The molecule has 0 aromatic carbocycles. The predicted octanol–water partition coefficient (Wildman–Crippen LogP) is 4.19. The zero-order valence-corrected chi connectivity index (χ0v) is 82.8. The molecule has 732 valence electrons. The molecule has 0 fully saturated rings. The fraction of sp³-hybridized carbons (Fsp3) is 0.816. The van der Waals surface area contributed by atoms with Gasteiger partial charge in [0.2, 0.25) is 59.1 Å². The summed E-state index contributed by atoms with van der Waals surface area (Å²) in [6.45, 7) is 49.7. The Morgan fingerprint density at radius 3 is 0.552 bits per heavy atom. The summed E-state index contributed by atoms with van der Waals surface area (Å²) in [5.74, 6) is -14.5. The van der Waals surface area contributed by atoms with E-state index in [-0.39, 0.29) is 91.3 Å². The Bertz CT molecular complexity index is 3240. The highest BCUT2D eigenvalue weighted by molar-refractivity contribution is 8.00. The van der Waals surface area contributed by atoms with E-state index in [1.165, 1.54) is 35.3 Å². The van der Waals surface area contributed by atoms with E-state index in [1.807, 2.05) is 83.1 Å². The maximum absolute atomic E-state index is 14.8. The van der Waals surface area contributed by atoms with Crippen molar-refractivity contribution in [3.63, 3.8) is 0 Å². The van der Waals surface area contributed by atoms with Crippen LogP contribution in [0.5, 0.6) is 0 Å². The van der Waals surface area contributed by atoms with Crippen molar-refractivity contribution in [2.45, 2.75) is 207 Å². The number of amides is 10. The van der Waals surface area contributed by atoms with Gasteiger partial charge in [-0.05, 0) is 74.0 Å². The SMILES string of the molecule is CC(C)C[C@H](NC(=O)[C@H](CC(C)C)NC(=O)[C@H](CSCC[P+](C)(C)C)NC(=O)[C@H](CC(C)C)NC(=O)[C@H](CC(C)C)NC(=O)[C@H](CSCC[P+](C)(C)C)NC(=O)[C@H](CC(C)C)NC(=O)[C@H](CC(C)C)NC(=O)[C@@H](N)CSCC[P+](C)(C)C)C(=O)N[C@@H](CSCC[P+](C)(C)C)C(N)=O.O=C([O-])C(F)(F)F.O=C([O-])C(F)(F)F.O=C([O-])C(F)(F)F.O=C([O-])C(F)(F)F. The molecule has 0 saturated carbocycles. The summed E-state index contributed by atoms with van der Waals surface area (Å²) >= 11 is 6.14. The third kappa shape index (κ3) is 71.3. The Morgan fingerprint density at radius 2 is 0.400 bits per heavy atom. The number of nitrogens with one attached hydrogen (secondary N) is 9. The van der Waals surface area contributed by atoms with Gasteiger partial charge in [-0.25, -0.2) is 0 Å². The van der Waals surface area contributed by atoms with Crippen molar-refractivity contribution in [3.05, 3.63) is 0 Å². The monoisotopic (exact) mass is 1970 g/mol. The van der Waals surface area contributed by atoms with E-state index in [4.69, 9.17) is 51.1 Å². The fourth-order valence-electron chi connectivity index (χ4n) is 9.48. The number of rotatable bonds is 51. The first-order chi connectivity index (χ1) is 56.3. The number of hydrogen-bond acceptors (Lipinski definition) is 23. The van der Waals surface area contributed by atoms with E-state index in [1.54, 1.807) is 11.8 Å². The van der Waals surface area contributed by atoms with Gasteiger partial charge in [-0.3, -0.25) is 47.9 Å². The number of primary amides is 1. The van der Waals surface area contributed by atoms with Crippen LogP contribution in [0, 0.1) is 35.5 Å². The summed E-state index contributed by atoms with van der Waals surface area (Å²) in [6, 6.07) is -10.8. The molecule has 0 saturated heterocycles. The van der Waals surface area contributed by atoms with Crippen LogP contribution in [0.1, 0.15) is 122 Å². The van der Waals surface area contributed by atoms with Crippen molar-refractivity contribution < 1.29 is 140 Å². The van der Waals surface area contributed by atoms with Crippen molar-refractivity contribution in [2.75, 3.05) is 151 Å². The van der Waals surface area contributed by atoms with E-state index >= 15 is 0 Å². The van der Waals surface area contributed by atoms with Crippen LogP contribution in [-0.4, -0.2) is 319 Å². The summed E-state index contributed by atoms with van der Waals surface area (Å²) < 4.78 is 126. The van der Waals surface area contributed by atoms with Gasteiger partial charge in [0.1, 0.15) is 78.3 Å². The van der Waals surface area contributed by atoms with E-state index in [2.05, 4.69) is 128 Å². The van der Waals surface area contributed by atoms with Gasteiger partial charge in [-0.15, -0.1) is 0 Å². The van der Waals surface area contributed by atoms with Crippen LogP contribution in [0.25, 0.3) is 0 Å². The molecule has 0 aliphatic rings. The van der Waals surface area contributed by atoms with Crippen molar-refractivity contribution in [1.29, 1.82) is 0 Å². The topological polar surface area (TPSA) is 492 Å². The largest absolute Gasteiger partial charge is 0.542 e. The van der Waals surface area contributed by atoms with Crippen LogP contribution < -0.4 is 79.7 Å². The lowest BCUT2D eigenvalue weighted by molar-refractivity contribution is -0.344. The third-order valence-electron chi connectivity index (χ3n) is 16.0. The summed E-state index contributed by atoms with van der Waals surface area (Å²) in [5, 5.41) is 61.2. The Labute approximate surface area is 747 Å². The van der Waals surface area contributed by atoms with Crippen molar-refractivity contribution >= 4 is 159 Å². The Morgan fingerprint density at radius 1 is 0.264 bits per heavy atom. The normalized spacial score (nSPS) is 14.6. The number of carbonyl (C=O) groups excluding carboxylic acids is 14. The van der Waals surface area contributed by atoms with E-state index in [0.717, 1.165) is 36.2 Å². The van der Waals surface area contributed by atoms with Gasteiger partial charge >= 0.3 is 24.7 Å². The van der Waals surface area contributed by atoms with E-state index in [9.17, 15) is 101 Å². The van der Waals surface area contributed by atoms with Gasteiger partial charge in [0.25, 0.3) is 0 Å². The maximum atomic E-state index is 14.8. The Hall–Kier alpha value is -5.18. The maximum Gasteiger partial charge on any atom is 0.430 e. The molecule has 125 heavy (non-hydrogen) atoms. The standard InChI is InChI=1S/C68H133N11O10P4S4.4C2HF3O2/c1-43(2)33-50(71-60(81)49(69)39-94-29-25-90(13,14)15)61(82)73-54(37-47(9)10)65(86)78-57(41-96-31-27-92(19,20)21)68(89)76-52(35-45(5)6)63(84)74-55(38-48(11)12)66(87)79-58(42-97-32-28-93(22,23)24)67(88)75-51(34-44(3)4)62(83)72-53(36-46(7)8)64(85)77-56(59(70)80)40-95-30-26-91(16,17)18;4*3-2(4,5)1(6)7/h43-58H,25-42,69H2,1-24H3,(H7-4,70,71,72,73,74,75,76,77,78,79,80,81,82,83,84,85,86,87,88,89);4*(H,6,7)/t49-,50-,51-,52-,53-,54-,55-,56-,57-,58-;;;;/m0..../s1. The zero-order chi connectivity index (χ0) is 99.2. The van der Waals surface area contributed by atoms with Gasteiger partial charge in [0.15, 0.2) is 0 Å². The number of aliphatic carboxylic acids is 4. The third-order valence-corrected chi connectivity index (χ3v) is 27.8. The predicted molar refractivity (Wildman–Crippen MR) is 473 cm³/mol. The second-order valence-electron chi connectivity index (χ2n) is 35.8. The molecule has 0 aromatic heterocycles. The molecule has 13 N–H and O–H groups in total. The molecule has 0 bridgehead atoms. The number of nitrogens with two attached hydrogens (primary N) is 2. The minimum Gasteiger partial charge on any atom is -0.542 e. The first-order valence-electron chi connectivity index (χ1n) is 39.7. The minimum absolute atomic E-state index is 0.00396. The number of alkyl halides is 12. The molecule has 0 unspecified atom stereocenters. The van der Waals surface area contributed by atoms with E-state index < -0.39 is 197 Å². The van der Waals surface area contributed by atoms with Gasteiger partial charge < -0.3 is 98.9 Å². The number of carbonyl (C=O) groups is 14. The van der Waals surface area contributed by atoms with Crippen molar-refractivity contribution in [1.82, 2.24) is 47.9 Å². The number of thioether (sulfide) groups is 4. The second-order valence-corrected chi connectivity index (χ2v) is 60.5. The molecule has 0 rings (SSSR count). The number of carboxylic acid groups (broad SMARTS) is 4. The number of halogens is 12. The average Bonchev–Trinajstić information content (AvgIpc) is 0.851. The van der Waals surface area contributed by atoms with Gasteiger partial charge in [0, 0.05) is 155 Å². The summed E-state index contributed by atoms with van der Waals surface area (Å²) in [4.78, 5) is 178. The van der Waals surface area contributed by atoms with Crippen LogP contribution in [0.15, 0.2) is 0 Å².